The van der Waals surface area contributed by atoms with Gasteiger partial charge < -0.3 is 38.3 Å². The molecule has 0 aromatic carbocycles. The van der Waals surface area contributed by atoms with E-state index in [1.54, 1.807) is 12.1 Å². The highest BCUT2D eigenvalue weighted by Gasteiger charge is 2.51. The van der Waals surface area contributed by atoms with Crippen LogP contribution in [0, 0.1) is 0 Å². The monoisotopic (exact) mass is 537 g/mol. The number of hydrogen-bond donors (Lipinski definition) is 1. The number of ether oxygens (including phenoxy) is 1. The summed E-state index contributed by atoms with van der Waals surface area (Å²) in [5.74, 6) is -0.589. The highest BCUT2D eigenvalue weighted by molar-refractivity contribution is 7.12. The molecule has 2 bridgehead atoms. The Balaban J connectivity index is 0.00000210. The van der Waals surface area contributed by atoms with Crippen LogP contribution >= 0.6 is 34.3 Å². The van der Waals surface area contributed by atoms with E-state index in [2.05, 4.69) is 19.2 Å². The second-order valence-corrected chi connectivity index (χ2v) is 9.28. The van der Waals surface area contributed by atoms with Gasteiger partial charge in [0.15, 0.2) is 6.00 Å². The molecule has 1 fully saturated rings. The number of carbonyl (C=O) groups is 1. The lowest BCUT2D eigenvalue weighted by Crippen LogP contribution is -3.00. The zero-order valence-electron chi connectivity index (χ0n) is 14.8. The fourth-order valence-corrected chi connectivity index (χ4v) is 6.04. The molecule has 4 heterocycles. The molecule has 4 nitrogen and oxygen atoms in total. The summed E-state index contributed by atoms with van der Waals surface area (Å²) in [7, 11) is 2.15. The quantitative estimate of drug-likeness (QED) is 0.153. The molecule has 0 aliphatic carbocycles. The van der Waals surface area contributed by atoms with Crippen LogP contribution in [0.2, 0.25) is 0 Å². The number of carbonyl (C=O) groups excluding carboxylic acids is 1. The van der Waals surface area contributed by atoms with E-state index in [0.717, 1.165) is 17.3 Å². The van der Waals surface area contributed by atoms with Crippen molar-refractivity contribution < 1.29 is 43.1 Å². The fraction of sp³-hybridized carbons (Fsp3) is 0.421. The van der Waals surface area contributed by atoms with Crippen LogP contribution in [0.4, 0.5) is 0 Å². The van der Waals surface area contributed by atoms with Gasteiger partial charge in [-0.3, -0.25) is 0 Å². The van der Waals surface area contributed by atoms with Gasteiger partial charge in [0.1, 0.15) is 18.2 Å². The van der Waals surface area contributed by atoms with E-state index in [-0.39, 0.29) is 42.2 Å². The second-order valence-electron chi connectivity index (χ2n) is 7.15. The van der Waals surface area contributed by atoms with Crippen LogP contribution in [0.1, 0.15) is 22.6 Å². The Bertz CT molecular complexity index is 759. The van der Waals surface area contributed by atoms with Crippen molar-refractivity contribution in [2.24, 2.45) is 0 Å². The van der Waals surface area contributed by atoms with Crippen LogP contribution in [0.15, 0.2) is 47.2 Å². The zero-order chi connectivity index (χ0) is 18.4. The van der Waals surface area contributed by atoms with Gasteiger partial charge in [-0.25, -0.2) is 4.79 Å². The van der Waals surface area contributed by atoms with E-state index in [9.17, 15) is 9.90 Å². The van der Waals surface area contributed by atoms with Gasteiger partial charge in [0.05, 0.1) is 16.8 Å². The SMILES string of the molecule is C[N+]1(CCl)[C@@H]2C=C[C@H]1CC(OC(=O)C(O)(c1cccs1)c1cccs1)C2.[I-]. The largest absolute Gasteiger partial charge is 1.00 e. The molecule has 8 heteroatoms. The van der Waals surface area contributed by atoms with Crippen LogP contribution in [-0.2, 0) is 15.1 Å². The van der Waals surface area contributed by atoms with Crippen LogP contribution in [-0.4, -0.2) is 46.8 Å². The molecule has 2 unspecified atom stereocenters. The molecule has 0 radical (unpaired) electrons. The number of thiophene rings is 2. The molecule has 0 amide bonds. The third-order valence-corrected chi connectivity index (χ3v) is 8.13. The minimum Gasteiger partial charge on any atom is -1.00 e. The summed E-state index contributed by atoms with van der Waals surface area (Å²) >= 11 is 8.92. The lowest BCUT2D eigenvalue weighted by Gasteiger charge is -2.45. The molecule has 2 aliphatic rings. The molecule has 2 aliphatic heterocycles. The number of alkyl halides is 1. The Morgan fingerprint density at radius 1 is 1.22 bits per heavy atom. The van der Waals surface area contributed by atoms with Crippen molar-refractivity contribution in [3.63, 3.8) is 0 Å². The number of esters is 1. The van der Waals surface area contributed by atoms with Gasteiger partial charge >= 0.3 is 5.97 Å². The summed E-state index contributed by atoms with van der Waals surface area (Å²) < 4.78 is 6.61. The van der Waals surface area contributed by atoms with E-state index >= 15 is 0 Å². The van der Waals surface area contributed by atoms with E-state index in [1.807, 2.05) is 22.9 Å². The van der Waals surface area contributed by atoms with Gasteiger partial charge in [0.25, 0.3) is 0 Å². The van der Waals surface area contributed by atoms with Gasteiger partial charge in [-0.2, -0.15) is 0 Å². The third kappa shape index (κ3) is 3.51. The number of likely N-dealkylation sites (N-methyl/N-ethyl adjacent to an activating group) is 1. The maximum Gasteiger partial charge on any atom is 0.349 e. The minimum atomic E-state index is -1.74. The lowest BCUT2D eigenvalue weighted by molar-refractivity contribution is -0.934. The third-order valence-electron chi connectivity index (χ3n) is 5.66. The molecule has 146 valence electrons. The van der Waals surface area contributed by atoms with Crippen LogP contribution in [0.5, 0.6) is 0 Å². The highest BCUT2D eigenvalue weighted by atomic mass is 127. The fourth-order valence-electron chi connectivity index (χ4n) is 3.97. The average molecular weight is 538 g/mol. The molecule has 0 saturated carbocycles. The Morgan fingerprint density at radius 2 is 1.74 bits per heavy atom. The molecule has 1 saturated heterocycles. The number of hydrogen-bond acceptors (Lipinski definition) is 5. The van der Waals surface area contributed by atoms with Crippen molar-refractivity contribution in [1.82, 2.24) is 0 Å². The van der Waals surface area contributed by atoms with Crippen molar-refractivity contribution in [2.45, 2.75) is 36.6 Å². The Kier molecular flexibility index (Phi) is 6.39. The molecule has 0 spiro atoms. The first-order chi connectivity index (χ1) is 12.5. The summed E-state index contributed by atoms with van der Waals surface area (Å²) in [6.45, 7) is 0. The summed E-state index contributed by atoms with van der Waals surface area (Å²) in [6.07, 6.45) is 5.62. The summed E-state index contributed by atoms with van der Waals surface area (Å²) in [5, 5.41) is 15.0. The Morgan fingerprint density at radius 3 is 2.15 bits per heavy atom. The maximum absolute atomic E-state index is 13.1. The number of quaternary nitrogens is 1. The molecular weight excluding hydrogens is 517 g/mol. The molecular formula is C19H21ClINO3S2. The van der Waals surface area contributed by atoms with E-state index in [4.69, 9.17) is 16.3 Å². The van der Waals surface area contributed by atoms with E-state index < -0.39 is 11.6 Å². The van der Waals surface area contributed by atoms with Crippen molar-refractivity contribution in [2.75, 3.05) is 13.1 Å². The van der Waals surface area contributed by atoms with Crippen LogP contribution in [0.3, 0.4) is 0 Å². The summed E-state index contributed by atoms with van der Waals surface area (Å²) in [5.41, 5.74) is -1.74. The van der Waals surface area contributed by atoms with Crippen molar-refractivity contribution in [3.05, 3.63) is 56.9 Å². The minimum absolute atomic E-state index is 0. The molecule has 4 atom stereocenters. The molecule has 2 aromatic rings. The van der Waals surface area contributed by atoms with Gasteiger partial charge in [-0.05, 0) is 35.0 Å². The first kappa shape index (κ1) is 21.3. The number of halogens is 2. The van der Waals surface area contributed by atoms with Gasteiger partial charge in [-0.1, -0.05) is 23.7 Å². The lowest BCUT2D eigenvalue weighted by atomic mass is 9.95. The second kappa shape index (κ2) is 8.12. The predicted molar refractivity (Wildman–Crippen MR) is 104 cm³/mol. The van der Waals surface area contributed by atoms with Crippen LogP contribution < -0.4 is 24.0 Å². The van der Waals surface area contributed by atoms with Gasteiger partial charge in [-0.15, -0.1) is 22.7 Å². The number of fused-ring (bicyclic) bond motifs is 2. The zero-order valence-corrected chi connectivity index (χ0v) is 19.3. The number of piperidine rings is 1. The molecule has 27 heavy (non-hydrogen) atoms. The predicted octanol–water partition coefficient (Wildman–Crippen LogP) is 0.705. The molecule has 2 aromatic heterocycles. The average Bonchev–Trinajstić information content (AvgIpc) is 3.37. The molecule has 1 N–H and O–H groups in total. The maximum atomic E-state index is 13.1. The van der Waals surface area contributed by atoms with Crippen LogP contribution in [0.25, 0.3) is 0 Å². The Hall–Kier alpha value is -0.450. The smallest absolute Gasteiger partial charge is 0.349 e. The first-order valence-corrected chi connectivity index (χ1v) is 10.9. The van der Waals surface area contributed by atoms with E-state index in [0.29, 0.717) is 15.8 Å². The first-order valence-electron chi connectivity index (χ1n) is 8.59. The normalized spacial score (nSPS) is 29.4. The topological polar surface area (TPSA) is 46.5 Å². The van der Waals surface area contributed by atoms with Crippen molar-refractivity contribution in [3.8, 4) is 0 Å². The standard InChI is InChI=1S/C19H21ClNO3S2.HI/c1-21(12-20)13-6-7-14(21)11-15(10-13)24-18(22)19(23,16-4-2-8-25-16)17-5-3-9-26-17;/h2-9,13-15,23H,10-12H2,1H3;1H/q+1;/p-1/t13-,14+,15?,21?;. The summed E-state index contributed by atoms with van der Waals surface area (Å²) in [4.78, 5) is 14.3. The molecule has 4 rings (SSSR count). The van der Waals surface area contributed by atoms with Gasteiger partial charge in [0.2, 0.25) is 5.60 Å². The van der Waals surface area contributed by atoms with E-state index in [1.165, 1.54) is 22.7 Å². The highest BCUT2D eigenvalue weighted by Crippen LogP contribution is 2.41. The van der Waals surface area contributed by atoms with Gasteiger partial charge in [0, 0.05) is 12.8 Å². The summed E-state index contributed by atoms with van der Waals surface area (Å²) in [6, 6.07) is 8.26. The van der Waals surface area contributed by atoms with Crippen molar-refractivity contribution in [1.29, 1.82) is 0 Å². The number of aliphatic hydroxyl groups is 1. The number of nitrogens with zero attached hydrogens (tertiary/aromatic N) is 1. The Labute approximate surface area is 189 Å². The number of rotatable bonds is 5. The van der Waals surface area contributed by atoms with Crippen molar-refractivity contribution >= 4 is 40.2 Å².